The van der Waals surface area contributed by atoms with Crippen molar-refractivity contribution >= 4 is 165 Å². The van der Waals surface area contributed by atoms with E-state index in [1.165, 1.54) is 60.1 Å². The Labute approximate surface area is 611 Å². The monoisotopic (exact) mass is 1460 g/mol. The minimum absolute atomic E-state index is 0.131. The Balaban J connectivity index is 0.000000134. The molecule has 0 fully saturated rings. The number of thiophene rings is 4. The standard InChI is InChI=1S/C17H12N2O3S.C16H10Cl2N2OS.C15H13N3OS.C11H10N2.C9H8N2O.C9H8N2S/c20-16(12-3-5-13(6-4-12)17(21)22)19-10-9-14(18-19)7-8-15-2-1-11-23-15;17-13-3-1-4-14(18)12(13)7-6-11-8-9-19-20(11)16(21)15-5-2-10-22-15;1-17-9-2-5-14(17)15(19)18-10-8-12(16-18)6-7-13-4-3-11-20-13;1-2-4-10(5-3-1)6-7-11-8-9-12-13-11;2*1-2-9(12-7-1)4-3-8-5-6-10-11-8/h1-11H,(H,21,22);1-10H;2-11H,1H3;1-9H,(H,12,13);2*1-7H,(H,10,11)/b8-7+;3*7-6+;2*4-3+. The molecule has 0 aliphatic heterocycles. The molecule has 19 nitrogen and oxygen atoms in total. The molecule has 12 heterocycles. The summed E-state index contributed by atoms with van der Waals surface area (Å²) in [6.07, 6.45) is 36.7. The number of hydrogen-bond donors (Lipinski definition) is 4. The van der Waals surface area contributed by atoms with Crippen molar-refractivity contribution in [3.8, 4) is 0 Å². The molecule has 0 aliphatic rings. The Hall–Kier alpha value is -12.2. The molecule has 0 bridgehead atoms. The van der Waals surface area contributed by atoms with E-state index in [-0.39, 0.29) is 23.3 Å². The minimum Gasteiger partial charge on any atom is -0.478 e. The number of hydrogen-bond acceptors (Lipinski definition) is 15. The highest BCUT2D eigenvalue weighted by molar-refractivity contribution is 7.12. The fraction of sp³-hybridized carbons (Fsp3) is 0.0130. The van der Waals surface area contributed by atoms with Crippen LogP contribution >= 0.6 is 68.5 Å². The molecule has 4 N–H and O–H groups in total. The average Bonchev–Trinajstić information content (AvgIpc) is 1.62. The van der Waals surface area contributed by atoms with Gasteiger partial charge in [0.25, 0.3) is 17.7 Å². The van der Waals surface area contributed by atoms with Crippen LogP contribution in [0.5, 0.6) is 0 Å². The SMILES string of the molecule is C(=C\c1ccco1)/c1ccn[nH]1.C(=C\c1cccs1)/c1ccn[nH]1.C(=C\c1ccn[nH]1)/c1ccccc1.Cn1cccc1C(=O)n1ccc(/C=C/c2cccs2)n1.O=C(O)c1ccc(C(=O)n2ccc(/C=C/c3cccs3)n2)cc1.O=C(c1cccs1)n1nccc1/C=C/c1c(Cl)cccc1Cl. The number of halogens is 2. The molecule has 0 atom stereocenters. The van der Waals surface area contributed by atoms with Gasteiger partial charge in [0, 0.05) is 80.0 Å². The van der Waals surface area contributed by atoms with Crippen molar-refractivity contribution in [3.63, 3.8) is 0 Å². The Bertz CT molecular complexity index is 4990. The Morgan fingerprint density at radius 2 is 0.990 bits per heavy atom. The van der Waals surface area contributed by atoms with Gasteiger partial charge in [-0.1, -0.05) is 89.9 Å². The number of nitrogens with zero attached hydrogens (tertiary/aromatic N) is 10. The van der Waals surface area contributed by atoms with Gasteiger partial charge in [-0.25, -0.2) is 14.2 Å². The third-order valence-electron chi connectivity index (χ3n) is 13.9. The summed E-state index contributed by atoms with van der Waals surface area (Å²) in [6, 6.07) is 55.4. The molecule has 508 valence electrons. The van der Waals surface area contributed by atoms with Crippen molar-refractivity contribution in [2.24, 2.45) is 7.05 Å². The van der Waals surface area contributed by atoms with E-state index in [0.29, 0.717) is 43.1 Å². The molecule has 0 amide bonds. The number of carboxylic acid groups (broad SMARTS) is 1. The van der Waals surface area contributed by atoms with Crippen LogP contribution < -0.4 is 0 Å². The number of carboxylic acids is 1. The summed E-state index contributed by atoms with van der Waals surface area (Å²) in [5, 5.41) is 50.6. The van der Waals surface area contributed by atoms with E-state index in [2.05, 4.69) is 75.5 Å². The maximum Gasteiger partial charge on any atom is 0.335 e. The molecule has 0 saturated heterocycles. The molecule has 0 unspecified atom stereocenters. The lowest BCUT2D eigenvalue weighted by molar-refractivity contribution is 0.0695. The number of benzene rings is 3. The summed E-state index contributed by atoms with van der Waals surface area (Å²) >= 11 is 18.6. The quantitative estimate of drug-likeness (QED) is 0.0706. The molecule has 0 radical (unpaired) electrons. The zero-order valence-corrected chi connectivity index (χ0v) is 58.8. The summed E-state index contributed by atoms with van der Waals surface area (Å²) in [4.78, 5) is 51.9. The number of rotatable bonds is 16. The van der Waals surface area contributed by atoms with Gasteiger partial charge in [0.2, 0.25) is 0 Å². The predicted octanol–water partition coefficient (Wildman–Crippen LogP) is 19.1. The molecule has 0 saturated carbocycles. The second-order valence-electron chi connectivity index (χ2n) is 21.0. The smallest absolute Gasteiger partial charge is 0.335 e. The van der Waals surface area contributed by atoms with Gasteiger partial charge in [0.05, 0.1) is 57.1 Å². The lowest BCUT2D eigenvalue weighted by Crippen LogP contribution is -2.15. The van der Waals surface area contributed by atoms with Crippen molar-refractivity contribution in [3.05, 3.63) is 351 Å². The third-order valence-corrected chi connectivity index (χ3v) is 17.9. The molecule has 102 heavy (non-hydrogen) atoms. The highest BCUT2D eigenvalue weighted by atomic mass is 35.5. The Kier molecular flexibility index (Phi) is 27.2. The van der Waals surface area contributed by atoms with Crippen LogP contribution in [0.15, 0.2) is 258 Å². The number of aromatic amines is 3. The van der Waals surface area contributed by atoms with Crippen LogP contribution in [-0.4, -0.2) is 93.3 Å². The number of nitrogens with one attached hydrogen (secondary N) is 3. The van der Waals surface area contributed by atoms with Crippen LogP contribution in [0.2, 0.25) is 10.0 Å². The van der Waals surface area contributed by atoms with Gasteiger partial charge >= 0.3 is 5.97 Å². The maximum absolute atomic E-state index is 12.4. The van der Waals surface area contributed by atoms with Gasteiger partial charge in [-0.3, -0.25) is 29.7 Å². The highest BCUT2D eigenvalue weighted by Crippen LogP contribution is 2.27. The van der Waals surface area contributed by atoms with E-state index < -0.39 is 5.97 Å². The zero-order valence-electron chi connectivity index (χ0n) is 54.0. The van der Waals surface area contributed by atoms with Crippen molar-refractivity contribution in [1.29, 1.82) is 0 Å². The molecule has 15 aromatic rings. The molecule has 25 heteroatoms. The largest absolute Gasteiger partial charge is 0.478 e. The fourth-order valence-corrected chi connectivity index (χ4v) is 11.8. The summed E-state index contributed by atoms with van der Waals surface area (Å²) in [5.41, 5.74) is 8.15. The Morgan fingerprint density at radius 3 is 1.49 bits per heavy atom. The molecule has 12 aromatic heterocycles. The van der Waals surface area contributed by atoms with Gasteiger partial charge in [0.15, 0.2) is 0 Å². The second-order valence-corrected chi connectivity index (χ2v) is 25.7. The van der Waals surface area contributed by atoms with E-state index in [9.17, 15) is 19.2 Å². The van der Waals surface area contributed by atoms with Crippen LogP contribution in [0.1, 0.15) is 107 Å². The van der Waals surface area contributed by atoms with Crippen LogP contribution in [0.25, 0.3) is 72.9 Å². The zero-order chi connectivity index (χ0) is 71.1. The number of carbonyl (C=O) groups excluding carboxylic acids is 3. The summed E-state index contributed by atoms with van der Waals surface area (Å²) in [5.74, 6) is -0.787. The van der Waals surface area contributed by atoms with Gasteiger partial charge < -0.3 is 14.1 Å². The molecule has 3 aromatic carbocycles. The first-order chi connectivity index (χ1) is 49.9. The molecule has 15 rings (SSSR count). The van der Waals surface area contributed by atoms with Crippen LogP contribution in [0, 0.1) is 0 Å². The first kappa shape index (κ1) is 72.5. The van der Waals surface area contributed by atoms with E-state index in [4.69, 9.17) is 32.7 Å². The lowest BCUT2D eigenvalue weighted by atomic mass is 10.1. The van der Waals surface area contributed by atoms with E-state index in [1.54, 1.807) is 137 Å². The summed E-state index contributed by atoms with van der Waals surface area (Å²) < 4.78 is 10.9. The topological polar surface area (TPSA) is 246 Å². The van der Waals surface area contributed by atoms with Crippen LogP contribution in [0.4, 0.5) is 0 Å². The van der Waals surface area contributed by atoms with E-state index >= 15 is 0 Å². The van der Waals surface area contributed by atoms with Crippen LogP contribution in [-0.2, 0) is 7.05 Å². The van der Waals surface area contributed by atoms with Gasteiger partial charge in [-0.15, -0.1) is 45.3 Å². The molecule has 0 spiro atoms. The third kappa shape index (κ3) is 22.4. The minimum atomic E-state index is -1.02. The van der Waals surface area contributed by atoms with Gasteiger partial charge in [0.1, 0.15) is 11.5 Å². The van der Waals surface area contributed by atoms with Crippen molar-refractivity contribution in [1.82, 2.24) is 64.5 Å². The van der Waals surface area contributed by atoms with Crippen molar-refractivity contribution in [2.45, 2.75) is 0 Å². The number of aromatic carboxylic acids is 1. The number of aryl methyl sites for hydroxylation is 1. The molecular formula is C77H61Cl2N13O6S4. The number of aromatic nitrogens is 13. The normalized spacial score (nSPS) is 11.0. The molecular weight excluding hydrogens is 1400 g/mol. The predicted molar refractivity (Wildman–Crippen MR) is 413 cm³/mol. The lowest BCUT2D eigenvalue weighted by Gasteiger charge is -2.03. The number of furan rings is 1. The fourth-order valence-electron chi connectivity index (χ4n) is 8.77. The second kappa shape index (κ2) is 38.2. The van der Waals surface area contributed by atoms with Gasteiger partial charge in [-0.05, 0) is 215 Å². The highest BCUT2D eigenvalue weighted by Gasteiger charge is 2.15. The van der Waals surface area contributed by atoms with Crippen molar-refractivity contribution in [2.75, 3.05) is 0 Å². The Morgan fingerprint density at radius 1 is 0.451 bits per heavy atom. The average molecular weight is 1460 g/mol. The summed E-state index contributed by atoms with van der Waals surface area (Å²) in [6.45, 7) is 0. The number of carbonyl (C=O) groups is 4. The summed E-state index contributed by atoms with van der Waals surface area (Å²) in [7, 11) is 1.84. The van der Waals surface area contributed by atoms with E-state index in [1.807, 2.05) is 181 Å². The first-order valence-electron chi connectivity index (χ1n) is 30.9. The van der Waals surface area contributed by atoms with Crippen molar-refractivity contribution < 1.29 is 28.7 Å². The number of H-pyrrole nitrogens is 3. The van der Waals surface area contributed by atoms with Crippen LogP contribution in [0.3, 0.4) is 0 Å². The van der Waals surface area contributed by atoms with E-state index in [0.717, 1.165) is 38.3 Å². The maximum atomic E-state index is 12.4. The van der Waals surface area contributed by atoms with Gasteiger partial charge in [-0.2, -0.15) is 35.3 Å². The molecule has 0 aliphatic carbocycles. The first-order valence-corrected chi connectivity index (χ1v) is 35.1.